The molecule has 0 saturated carbocycles. The van der Waals surface area contributed by atoms with Gasteiger partial charge in [-0.1, -0.05) is 0 Å². The second-order valence-electron chi connectivity index (χ2n) is 3.80. The summed E-state index contributed by atoms with van der Waals surface area (Å²) in [4.78, 5) is 33.2. The van der Waals surface area contributed by atoms with Crippen LogP contribution < -0.4 is 29.6 Å². The molecule has 3 N–H and O–H groups in total. The number of carbonyl (C=O) groups is 3. The van der Waals surface area contributed by atoms with Crippen LogP contribution in [0.5, 0.6) is 0 Å². The number of aliphatic carboxylic acids is 3. The Labute approximate surface area is 139 Å². The van der Waals surface area contributed by atoms with Gasteiger partial charge in [0.15, 0.2) is 0 Å². The fourth-order valence-electron chi connectivity index (χ4n) is 0.948. The van der Waals surface area contributed by atoms with Crippen molar-refractivity contribution in [2.75, 3.05) is 0 Å². The largest absolute Gasteiger partial charge is 1.00 e. The first-order valence-corrected chi connectivity index (χ1v) is 5.17. The summed E-state index contributed by atoms with van der Waals surface area (Å²) in [5.41, 5.74) is -0.198. The van der Waals surface area contributed by atoms with Gasteiger partial charge in [0.25, 0.3) is 0 Å². The van der Waals surface area contributed by atoms with Crippen LogP contribution in [-0.2, 0) is 14.4 Å². The molecule has 0 aliphatic carbocycles. The third-order valence-corrected chi connectivity index (χ3v) is 2.04. The van der Waals surface area contributed by atoms with E-state index >= 15 is 0 Å². The van der Waals surface area contributed by atoms with Crippen molar-refractivity contribution in [3.05, 3.63) is 35.3 Å². The third kappa shape index (κ3) is 7.78. The minimum atomic E-state index is -1.19. The molecular formula is C12H16NNaO6. The van der Waals surface area contributed by atoms with Crippen LogP contribution in [0.3, 0.4) is 0 Å². The summed E-state index contributed by atoms with van der Waals surface area (Å²) in [6.45, 7) is 3.93. The van der Waals surface area contributed by atoms with Crippen molar-refractivity contribution >= 4 is 17.9 Å². The molecule has 0 saturated heterocycles. The van der Waals surface area contributed by atoms with Crippen LogP contribution in [0.1, 0.15) is 22.2 Å². The molecule has 20 heavy (non-hydrogen) atoms. The molecule has 0 bridgehead atoms. The molecule has 106 valence electrons. The Hall–Kier alpha value is -1.57. The second-order valence-corrected chi connectivity index (χ2v) is 3.80. The number of hydrogen-bond acceptors (Lipinski definition) is 4. The van der Waals surface area contributed by atoms with Crippen LogP contribution in [-0.4, -0.2) is 38.1 Å². The van der Waals surface area contributed by atoms with Crippen LogP contribution in [0, 0.1) is 0 Å². The van der Waals surface area contributed by atoms with E-state index in [1.54, 1.807) is 0 Å². The van der Waals surface area contributed by atoms with Gasteiger partial charge in [-0.3, -0.25) is 0 Å². The normalized spacial score (nSPS) is 12.4. The van der Waals surface area contributed by atoms with Crippen LogP contribution in [0.2, 0.25) is 0 Å². The summed E-state index contributed by atoms with van der Waals surface area (Å²) in [6.07, 6.45) is 3.38. The molecule has 0 unspecified atom stereocenters. The molecule has 0 aliphatic rings. The van der Waals surface area contributed by atoms with E-state index in [4.69, 9.17) is 15.3 Å². The van der Waals surface area contributed by atoms with Crippen LogP contribution in [0.15, 0.2) is 35.3 Å². The summed E-state index contributed by atoms with van der Waals surface area (Å²) >= 11 is 0. The van der Waals surface area contributed by atoms with Crippen LogP contribution in [0.25, 0.3) is 0 Å². The van der Waals surface area contributed by atoms with Crippen LogP contribution >= 0.6 is 0 Å². The Morgan fingerprint density at radius 1 is 0.750 bits per heavy atom. The van der Waals surface area contributed by atoms with Gasteiger partial charge in [-0.15, -0.1) is 0 Å². The molecular weight excluding hydrogens is 277 g/mol. The molecule has 0 radical (unpaired) electrons. The van der Waals surface area contributed by atoms with Crippen molar-refractivity contribution in [1.82, 2.24) is 4.90 Å². The number of nitrogens with zero attached hydrogens (tertiary/aromatic N) is 1. The SMILES string of the molecule is CC(=CN(C=C(C)C(=O)O)C=C(C)C(=O)O)C(=O)O.[H-].[Na+]. The molecule has 7 nitrogen and oxygen atoms in total. The smallest absolute Gasteiger partial charge is 1.00 e. The fraction of sp³-hybridized carbons (Fsp3) is 0.250. The van der Waals surface area contributed by atoms with Gasteiger partial charge in [0.1, 0.15) is 0 Å². The molecule has 0 rings (SSSR count). The first kappa shape index (κ1) is 20.7. The Morgan fingerprint density at radius 2 is 0.950 bits per heavy atom. The Morgan fingerprint density at radius 3 is 1.10 bits per heavy atom. The van der Waals surface area contributed by atoms with Gasteiger partial charge in [0.05, 0.1) is 16.7 Å². The monoisotopic (exact) mass is 293 g/mol. The predicted octanol–water partition coefficient (Wildman–Crippen LogP) is -1.63. The Balaban J connectivity index is -0.00000162. The first-order chi connectivity index (χ1) is 8.65. The maximum atomic E-state index is 10.7. The van der Waals surface area contributed by atoms with Gasteiger partial charge in [-0.2, -0.15) is 0 Å². The molecule has 0 aromatic carbocycles. The second kappa shape index (κ2) is 9.35. The third-order valence-electron chi connectivity index (χ3n) is 2.04. The summed E-state index contributed by atoms with van der Waals surface area (Å²) < 4.78 is 0. The maximum absolute atomic E-state index is 10.7. The van der Waals surface area contributed by atoms with Gasteiger partial charge in [-0.05, 0) is 20.8 Å². The zero-order valence-electron chi connectivity index (χ0n) is 12.7. The Bertz CT molecular complexity index is 427. The van der Waals surface area contributed by atoms with Gasteiger partial charge in [0, 0.05) is 18.6 Å². The molecule has 0 fully saturated rings. The van der Waals surface area contributed by atoms with E-state index in [0.717, 1.165) is 23.5 Å². The number of hydrogen-bond donors (Lipinski definition) is 3. The molecule has 0 heterocycles. The molecule has 0 aliphatic heterocycles. The minimum Gasteiger partial charge on any atom is -1.00 e. The summed E-state index contributed by atoms with van der Waals surface area (Å²) in [6, 6.07) is 0. The zero-order chi connectivity index (χ0) is 15.2. The molecule has 0 aromatic heterocycles. The van der Waals surface area contributed by atoms with Crippen molar-refractivity contribution in [3.8, 4) is 0 Å². The number of carboxylic acid groups (broad SMARTS) is 3. The quantitative estimate of drug-likeness (QED) is 0.398. The van der Waals surface area contributed by atoms with E-state index in [2.05, 4.69) is 0 Å². The number of carboxylic acids is 3. The first-order valence-electron chi connectivity index (χ1n) is 5.17. The van der Waals surface area contributed by atoms with E-state index < -0.39 is 17.9 Å². The fourth-order valence-corrected chi connectivity index (χ4v) is 0.948. The number of rotatable bonds is 6. The van der Waals surface area contributed by atoms with E-state index in [0.29, 0.717) is 0 Å². The topological polar surface area (TPSA) is 115 Å². The average Bonchev–Trinajstić information content (AvgIpc) is 2.27. The van der Waals surface area contributed by atoms with Crippen molar-refractivity contribution in [1.29, 1.82) is 0 Å². The van der Waals surface area contributed by atoms with Crippen LogP contribution in [0.4, 0.5) is 0 Å². The molecule has 0 amide bonds. The minimum absolute atomic E-state index is 0. The molecule has 8 heteroatoms. The summed E-state index contributed by atoms with van der Waals surface area (Å²) in [7, 11) is 0. The van der Waals surface area contributed by atoms with Crippen molar-refractivity contribution in [2.24, 2.45) is 0 Å². The summed E-state index contributed by atoms with van der Waals surface area (Å²) in [5.74, 6) is -3.56. The maximum Gasteiger partial charge on any atom is 1.00 e. The van der Waals surface area contributed by atoms with Gasteiger partial charge < -0.3 is 21.6 Å². The van der Waals surface area contributed by atoms with Gasteiger partial charge >= 0.3 is 47.5 Å². The molecule has 0 spiro atoms. The molecule has 0 atom stereocenters. The van der Waals surface area contributed by atoms with E-state index in [1.807, 2.05) is 0 Å². The van der Waals surface area contributed by atoms with Crippen molar-refractivity contribution < 1.29 is 60.7 Å². The average molecular weight is 293 g/mol. The van der Waals surface area contributed by atoms with E-state index in [1.165, 1.54) is 20.8 Å². The van der Waals surface area contributed by atoms with Crippen molar-refractivity contribution in [3.63, 3.8) is 0 Å². The molecule has 0 aromatic rings. The van der Waals surface area contributed by atoms with E-state index in [-0.39, 0.29) is 47.7 Å². The zero-order valence-corrected chi connectivity index (χ0v) is 13.7. The van der Waals surface area contributed by atoms with Gasteiger partial charge in [-0.25, -0.2) is 14.4 Å². The standard InChI is InChI=1S/C12H15NO6.Na.H/c1-7(10(14)15)4-13(5-8(2)11(16)17)6-9(3)12(18)19;;/h4-6H,1-3H3,(H,14,15)(H,16,17)(H,18,19);;/q;+1;-1. The predicted molar refractivity (Wildman–Crippen MR) is 67.1 cm³/mol. The Kier molecular flexibility index (Phi) is 9.70. The van der Waals surface area contributed by atoms with Crippen molar-refractivity contribution in [2.45, 2.75) is 20.8 Å². The van der Waals surface area contributed by atoms with Gasteiger partial charge in [0.2, 0.25) is 0 Å². The summed E-state index contributed by atoms with van der Waals surface area (Å²) in [5, 5.41) is 26.2. The van der Waals surface area contributed by atoms with E-state index in [9.17, 15) is 14.4 Å².